The first-order valence-electron chi connectivity index (χ1n) is 6.41. The normalized spacial score (nSPS) is 15.4. The van der Waals surface area contributed by atoms with Crippen LogP contribution >= 0.6 is 11.6 Å². The summed E-state index contributed by atoms with van der Waals surface area (Å²) < 4.78 is 6.93. The zero-order valence-corrected chi connectivity index (χ0v) is 11.8. The molecular formula is C11H14ClN7O. The highest BCUT2D eigenvalue weighted by atomic mass is 35.5. The first-order valence-corrected chi connectivity index (χ1v) is 6.78. The quantitative estimate of drug-likeness (QED) is 0.847. The minimum Gasteiger partial charge on any atom is -0.387 e. The Hall–Kier alpha value is -1.96. The van der Waals surface area contributed by atoms with Gasteiger partial charge in [-0.25, -0.2) is 0 Å². The van der Waals surface area contributed by atoms with Gasteiger partial charge in [0, 0.05) is 20.1 Å². The van der Waals surface area contributed by atoms with E-state index in [0.717, 1.165) is 25.9 Å². The molecule has 20 heavy (non-hydrogen) atoms. The Morgan fingerprint density at radius 3 is 2.60 bits per heavy atom. The van der Waals surface area contributed by atoms with Crippen molar-refractivity contribution in [2.45, 2.75) is 19.3 Å². The Labute approximate surface area is 120 Å². The van der Waals surface area contributed by atoms with E-state index >= 15 is 0 Å². The molecule has 3 heterocycles. The summed E-state index contributed by atoms with van der Waals surface area (Å²) in [5, 5.41) is 4.11. The summed E-state index contributed by atoms with van der Waals surface area (Å²) >= 11 is 5.93. The molecule has 0 bridgehead atoms. The molecule has 0 N–H and O–H groups in total. The maximum atomic E-state index is 5.93. The van der Waals surface area contributed by atoms with Gasteiger partial charge in [0.25, 0.3) is 0 Å². The molecule has 0 saturated carbocycles. The molecular weight excluding hydrogens is 282 g/mol. The third-order valence-corrected chi connectivity index (χ3v) is 3.14. The van der Waals surface area contributed by atoms with Gasteiger partial charge in [-0.2, -0.15) is 19.9 Å². The van der Waals surface area contributed by atoms with Gasteiger partial charge in [0.05, 0.1) is 0 Å². The molecule has 0 amide bonds. The monoisotopic (exact) mass is 295 g/mol. The Kier molecular flexibility index (Phi) is 3.64. The van der Waals surface area contributed by atoms with Gasteiger partial charge in [-0.1, -0.05) is 0 Å². The van der Waals surface area contributed by atoms with Crippen LogP contribution in [0.25, 0.3) is 0 Å². The summed E-state index contributed by atoms with van der Waals surface area (Å²) in [6.07, 6.45) is 5.02. The van der Waals surface area contributed by atoms with Gasteiger partial charge in [0.15, 0.2) is 0 Å². The van der Waals surface area contributed by atoms with Crippen LogP contribution in [0.5, 0.6) is 12.0 Å². The molecule has 106 valence electrons. The van der Waals surface area contributed by atoms with Gasteiger partial charge < -0.3 is 9.64 Å². The van der Waals surface area contributed by atoms with Gasteiger partial charge in [0.1, 0.15) is 6.33 Å². The van der Waals surface area contributed by atoms with Crippen molar-refractivity contribution in [3.8, 4) is 12.0 Å². The Bertz CT molecular complexity index is 596. The molecule has 1 aliphatic rings. The topological polar surface area (TPSA) is 81.9 Å². The second-order valence-corrected chi connectivity index (χ2v) is 4.88. The number of ether oxygens (including phenoxy) is 1. The largest absolute Gasteiger partial charge is 0.387 e. The molecule has 0 spiro atoms. The number of aromatic nitrogens is 6. The average Bonchev–Trinajstić information content (AvgIpc) is 2.84. The minimum atomic E-state index is 0.103. The van der Waals surface area contributed by atoms with E-state index in [1.54, 1.807) is 7.05 Å². The van der Waals surface area contributed by atoms with Crippen LogP contribution in [0.3, 0.4) is 0 Å². The predicted octanol–water partition coefficient (Wildman–Crippen LogP) is 1.44. The Morgan fingerprint density at radius 2 is 1.90 bits per heavy atom. The van der Waals surface area contributed by atoms with E-state index in [1.165, 1.54) is 17.4 Å². The van der Waals surface area contributed by atoms with Crippen molar-refractivity contribution in [3.63, 3.8) is 0 Å². The van der Waals surface area contributed by atoms with Crippen LogP contribution in [0.1, 0.15) is 19.3 Å². The van der Waals surface area contributed by atoms with Crippen molar-refractivity contribution in [2.24, 2.45) is 7.05 Å². The Balaban J connectivity index is 1.82. The molecule has 2 aromatic heterocycles. The highest BCUT2D eigenvalue weighted by Gasteiger charge is 2.17. The molecule has 0 aromatic carbocycles. The van der Waals surface area contributed by atoms with Gasteiger partial charge in [0.2, 0.25) is 11.2 Å². The molecule has 0 aliphatic carbocycles. The molecule has 9 heteroatoms. The molecule has 1 saturated heterocycles. The number of hydrogen-bond acceptors (Lipinski definition) is 7. The lowest BCUT2D eigenvalue weighted by atomic mass is 10.1. The number of piperidine rings is 1. The van der Waals surface area contributed by atoms with Gasteiger partial charge in [-0.3, -0.25) is 4.68 Å². The summed E-state index contributed by atoms with van der Waals surface area (Å²) in [4.78, 5) is 18.4. The summed E-state index contributed by atoms with van der Waals surface area (Å²) in [7, 11) is 1.75. The highest BCUT2D eigenvalue weighted by Crippen LogP contribution is 2.21. The van der Waals surface area contributed by atoms with Gasteiger partial charge in [-0.15, -0.1) is 5.10 Å². The fourth-order valence-electron chi connectivity index (χ4n) is 2.05. The molecule has 2 aromatic rings. The van der Waals surface area contributed by atoms with Crippen molar-refractivity contribution in [1.29, 1.82) is 0 Å². The number of aryl methyl sites for hydroxylation is 1. The van der Waals surface area contributed by atoms with Crippen molar-refractivity contribution in [3.05, 3.63) is 11.6 Å². The lowest BCUT2D eigenvalue weighted by Gasteiger charge is -2.26. The van der Waals surface area contributed by atoms with E-state index < -0.39 is 0 Å². The molecule has 0 atom stereocenters. The van der Waals surface area contributed by atoms with Crippen molar-refractivity contribution < 1.29 is 4.74 Å². The van der Waals surface area contributed by atoms with Crippen LogP contribution < -0.4 is 9.64 Å². The maximum absolute atomic E-state index is 5.93. The zero-order chi connectivity index (χ0) is 13.9. The van der Waals surface area contributed by atoms with Crippen molar-refractivity contribution in [2.75, 3.05) is 18.0 Å². The summed E-state index contributed by atoms with van der Waals surface area (Å²) in [5.74, 6) is 0.538. The van der Waals surface area contributed by atoms with Crippen molar-refractivity contribution >= 4 is 17.5 Å². The van der Waals surface area contributed by atoms with E-state index in [2.05, 4.69) is 29.9 Å². The van der Waals surface area contributed by atoms with Gasteiger partial charge >= 0.3 is 12.0 Å². The first-order chi connectivity index (χ1) is 9.70. The number of hydrogen-bond donors (Lipinski definition) is 0. The molecule has 1 aliphatic heterocycles. The lowest BCUT2D eigenvalue weighted by molar-refractivity contribution is 0.402. The van der Waals surface area contributed by atoms with Crippen LogP contribution in [0.2, 0.25) is 5.28 Å². The zero-order valence-electron chi connectivity index (χ0n) is 11.0. The van der Waals surface area contributed by atoms with E-state index in [-0.39, 0.29) is 17.3 Å². The standard InChI is InChI=1S/C11H14ClN7O/c1-18-7-13-10(17-18)20-11-15-8(12)14-9(16-11)19-5-3-2-4-6-19/h7H,2-6H2,1H3. The first kappa shape index (κ1) is 13.0. The lowest BCUT2D eigenvalue weighted by Crippen LogP contribution is -2.31. The summed E-state index contributed by atoms with van der Waals surface area (Å²) in [6, 6.07) is 0.288. The number of halogens is 1. The third kappa shape index (κ3) is 2.96. The van der Waals surface area contributed by atoms with Gasteiger partial charge in [-0.05, 0) is 30.9 Å². The SMILES string of the molecule is Cn1cnc(Oc2nc(Cl)nc(N3CCCCC3)n2)n1. The molecule has 0 radical (unpaired) electrons. The molecule has 3 rings (SSSR count). The van der Waals surface area contributed by atoms with Crippen molar-refractivity contribution in [1.82, 2.24) is 29.7 Å². The average molecular weight is 296 g/mol. The second-order valence-electron chi connectivity index (χ2n) is 4.54. The van der Waals surface area contributed by atoms with Crippen LogP contribution in [0.15, 0.2) is 6.33 Å². The summed E-state index contributed by atoms with van der Waals surface area (Å²) in [6.45, 7) is 1.84. The molecule has 0 unspecified atom stereocenters. The predicted molar refractivity (Wildman–Crippen MR) is 72.0 cm³/mol. The number of rotatable bonds is 3. The minimum absolute atomic E-state index is 0.103. The Morgan fingerprint density at radius 1 is 1.10 bits per heavy atom. The van der Waals surface area contributed by atoms with Crippen LogP contribution in [-0.2, 0) is 7.05 Å². The summed E-state index contributed by atoms with van der Waals surface area (Å²) in [5.41, 5.74) is 0. The van der Waals surface area contributed by atoms with E-state index in [9.17, 15) is 0 Å². The van der Waals surface area contributed by atoms with E-state index in [1.807, 2.05) is 0 Å². The number of nitrogens with zero attached hydrogens (tertiary/aromatic N) is 7. The smallest absolute Gasteiger partial charge is 0.343 e. The highest BCUT2D eigenvalue weighted by molar-refractivity contribution is 6.28. The van der Waals surface area contributed by atoms with Crippen LogP contribution in [-0.4, -0.2) is 42.8 Å². The van der Waals surface area contributed by atoms with E-state index in [0.29, 0.717) is 5.95 Å². The van der Waals surface area contributed by atoms with Crippen LogP contribution in [0, 0.1) is 0 Å². The molecule has 1 fully saturated rings. The molecule has 8 nitrogen and oxygen atoms in total. The fraction of sp³-hybridized carbons (Fsp3) is 0.545. The van der Waals surface area contributed by atoms with E-state index in [4.69, 9.17) is 16.3 Å². The maximum Gasteiger partial charge on any atom is 0.343 e. The second kappa shape index (κ2) is 5.58. The number of anilines is 1. The fourth-order valence-corrected chi connectivity index (χ4v) is 2.20. The van der Waals surface area contributed by atoms with Crippen LogP contribution in [0.4, 0.5) is 5.95 Å². The third-order valence-electron chi connectivity index (χ3n) is 2.98.